The molecule has 528 valence electrons. The summed E-state index contributed by atoms with van der Waals surface area (Å²) in [5.41, 5.74) is -0.880. The van der Waals surface area contributed by atoms with Crippen LogP contribution >= 0.6 is 11.6 Å². The first-order valence-corrected chi connectivity index (χ1v) is 35.2. The van der Waals surface area contributed by atoms with E-state index in [9.17, 15) is 38.4 Å². The molecule has 0 radical (unpaired) electrons. The number of amides is 12. The van der Waals surface area contributed by atoms with Gasteiger partial charge >= 0.3 is 0 Å². The van der Waals surface area contributed by atoms with Gasteiger partial charge in [0.25, 0.3) is 0 Å². The zero-order valence-corrected chi connectivity index (χ0v) is 58.8. The summed E-state index contributed by atoms with van der Waals surface area (Å²) >= 11 is 6.50. The molecule has 8 atom stereocenters. The highest BCUT2D eigenvalue weighted by Crippen LogP contribution is 2.37. The van der Waals surface area contributed by atoms with E-state index in [1.54, 1.807) is 43.1 Å². The van der Waals surface area contributed by atoms with Gasteiger partial charge < -0.3 is 64.8 Å². The highest BCUT2D eigenvalue weighted by Gasteiger charge is 2.51. The highest BCUT2D eigenvalue weighted by atomic mass is 35.5. The molecule has 12 amide bonds. The van der Waals surface area contributed by atoms with E-state index in [0.29, 0.717) is 62.2 Å². The Morgan fingerprint density at radius 1 is 0.621 bits per heavy atom. The van der Waals surface area contributed by atoms with Crippen LogP contribution in [0.2, 0.25) is 5.02 Å². The number of carbonyl (C=O) groups is 12. The molecule has 6 fully saturated rings. The number of piperidine rings is 1. The van der Waals surface area contributed by atoms with E-state index in [1.165, 1.54) is 78.6 Å². The molecule has 3 saturated carbocycles. The normalized spacial score (nSPS) is 27.5. The van der Waals surface area contributed by atoms with Crippen molar-refractivity contribution in [2.24, 2.45) is 17.8 Å². The van der Waals surface area contributed by atoms with Crippen LogP contribution in [0.5, 0.6) is 0 Å². The number of ether oxygens (including phenoxy) is 1. The van der Waals surface area contributed by atoms with E-state index >= 15 is 19.2 Å². The first kappa shape index (κ1) is 75.5. The molecule has 3 aliphatic carbocycles. The Bertz CT molecular complexity index is 2910. The number of nitrogens with one attached hydrogen (secondary N) is 3. The van der Waals surface area contributed by atoms with Crippen molar-refractivity contribution < 1.29 is 62.3 Å². The van der Waals surface area contributed by atoms with Gasteiger partial charge in [0, 0.05) is 74.0 Å². The Balaban J connectivity index is 1.25. The van der Waals surface area contributed by atoms with Crippen molar-refractivity contribution in [2.45, 2.75) is 216 Å². The zero-order valence-electron chi connectivity index (χ0n) is 58.0. The van der Waals surface area contributed by atoms with E-state index in [1.807, 2.05) is 6.92 Å². The number of hydrogen-bond acceptors (Lipinski definition) is 13. The van der Waals surface area contributed by atoms with Gasteiger partial charge in [0.2, 0.25) is 70.9 Å². The fourth-order valence-corrected chi connectivity index (χ4v) is 15.0. The molecule has 1 aromatic rings. The van der Waals surface area contributed by atoms with Gasteiger partial charge in [0.1, 0.15) is 47.8 Å². The molecule has 95 heavy (non-hydrogen) atoms. The monoisotopic (exact) mass is 1350 g/mol. The van der Waals surface area contributed by atoms with Crippen LogP contribution in [0, 0.1) is 17.8 Å². The maximum atomic E-state index is 15.7. The summed E-state index contributed by atoms with van der Waals surface area (Å²) in [5.74, 6) is -7.90. The lowest BCUT2D eigenvalue weighted by atomic mass is 9.81. The SMILES string of the molecule is CC[C@H](C)[C@@H]1NC(=O)[C@H](C)N(C)C(=O)C[C@@H](C(=O)N2CCCCC2)N(C)C(=O)[C@H](C2CCCCC2)N(C)C(=O)C2(CCCC2)NC(=O)[C@@H]2CCCN2C(=O)[C@H](COCc2ccccc2Cl)NC(=O)CN(C)C(=O)[C@H](CC2CCCCC2)N(C)C(=O)CN(C)C(=O)CN(C)C1=O. The average Bonchev–Trinajstić information content (AvgIpc) is 1.64. The van der Waals surface area contributed by atoms with Gasteiger partial charge in [-0.15, -0.1) is 0 Å². The largest absolute Gasteiger partial charge is 0.374 e. The molecule has 3 saturated heterocycles. The van der Waals surface area contributed by atoms with E-state index in [0.717, 1.165) is 80.4 Å². The van der Waals surface area contributed by atoms with Crippen molar-refractivity contribution >= 4 is 82.5 Å². The lowest BCUT2D eigenvalue weighted by Crippen LogP contribution is -2.65. The van der Waals surface area contributed by atoms with Gasteiger partial charge in [-0.1, -0.05) is 114 Å². The molecule has 1 aromatic carbocycles. The van der Waals surface area contributed by atoms with Crippen molar-refractivity contribution in [2.75, 3.05) is 95.2 Å². The second-order valence-corrected chi connectivity index (χ2v) is 28.4. The van der Waals surface area contributed by atoms with Gasteiger partial charge in [0.05, 0.1) is 39.3 Å². The van der Waals surface area contributed by atoms with Crippen molar-refractivity contribution in [1.82, 2.24) is 60.0 Å². The lowest BCUT2D eigenvalue weighted by molar-refractivity contribution is -0.157. The Kier molecular flexibility index (Phi) is 27.7. The molecule has 25 nitrogen and oxygen atoms in total. The van der Waals surface area contributed by atoms with Gasteiger partial charge in [0.15, 0.2) is 0 Å². The lowest BCUT2D eigenvalue weighted by Gasteiger charge is -2.43. The second-order valence-electron chi connectivity index (χ2n) is 28.0. The highest BCUT2D eigenvalue weighted by molar-refractivity contribution is 6.31. The first-order valence-electron chi connectivity index (χ1n) is 34.8. The number of carbonyl (C=O) groups excluding carboxylic acids is 12. The van der Waals surface area contributed by atoms with Crippen LogP contribution in [0.4, 0.5) is 0 Å². The summed E-state index contributed by atoms with van der Waals surface area (Å²) in [6, 6.07) is -1.38. The number of nitrogens with zero attached hydrogens (tertiary/aromatic N) is 9. The standard InChI is InChI=1S/C69H107ClN12O13/c1-11-45(2)59-66(92)76(6)41-57(85)74(4)42-58(86)78(8)53(38-47-26-15-12-16-27-47)64(90)75(5)40-55(83)71-51(44-95-43-49-30-19-20-31-50(49)70)63(89)82-37-25-32-52(82)62(88)73-69(33-21-22-34-69)68(94)80(10)60(48-28-17-13-18-29-48)67(93)79(9)54(65(91)81-35-23-14-24-36-81)39-56(84)77(7)46(3)61(87)72-59/h19-20,30-31,45-48,51-54,59-60H,11-18,21-29,32-44H2,1-10H3,(H,71,83)(H,72,87)(H,73,88)/t45-,46-,51-,52-,53-,54-,59-,60-/m0/s1. The minimum absolute atomic E-state index is 0.0404. The van der Waals surface area contributed by atoms with E-state index in [2.05, 4.69) is 16.0 Å². The predicted molar refractivity (Wildman–Crippen MR) is 356 cm³/mol. The van der Waals surface area contributed by atoms with Gasteiger partial charge in [-0.25, -0.2) is 0 Å². The molecule has 0 unspecified atom stereocenters. The number of likely N-dealkylation sites (N-methyl/N-ethyl adjacent to an activating group) is 7. The zero-order chi connectivity index (χ0) is 69.4. The number of benzene rings is 1. The third kappa shape index (κ3) is 19.0. The number of likely N-dealkylation sites (tertiary alicyclic amines) is 1. The Labute approximate surface area is 566 Å². The molecule has 6 aliphatic rings. The summed E-state index contributed by atoms with van der Waals surface area (Å²) in [6.07, 6.45) is 13.0. The molecular weight excluding hydrogens is 1240 g/mol. The van der Waals surface area contributed by atoms with Gasteiger partial charge in [-0.3, -0.25) is 57.5 Å². The van der Waals surface area contributed by atoms with Crippen LogP contribution < -0.4 is 16.0 Å². The summed E-state index contributed by atoms with van der Waals surface area (Å²) in [6.45, 7) is 4.12. The van der Waals surface area contributed by atoms with Crippen molar-refractivity contribution in [3.8, 4) is 0 Å². The number of halogens is 1. The molecule has 26 heteroatoms. The summed E-state index contributed by atoms with van der Waals surface area (Å²) in [4.78, 5) is 189. The van der Waals surface area contributed by atoms with Crippen LogP contribution in [0.3, 0.4) is 0 Å². The summed E-state index contributed by atoms with van der Waals surface area (Å²) in [7, 11) is 10.2. The quantitative estimate of drug-likeness (QED) is 0.300. The van der Waals surface area contributed by atoms with Crippen molar-refractivity contribution in [1.29, 1.82) is 0 Å². The van der Waals surface area contributed by atoms with E-state index in [-0.39, 0.29) is 57.3 Å². The van der Waals surface area contributed by atoms with Gasteiger partial charge in [-0.05, 0) is 101 Å². The maximum Gasteiger partial charge on any atom is 0.248 e. The average molecular weight is 1350 g/mol. The third-order valence-electron chi connectivity index (χ3n) is 21.3. The molecule has 7 rings (SSSR count). The Hall–Kier alpha value is -6.89. The second kappa shape index (κ2) is 34.9. The number of hydrogen-bond donors (Lipinski definition) is 3. The van der Waals surface area contributed by atoms with E-state index in [4.69, 9.17) is 16.3 Å². The molecule has 0 bridgehead atoms. The topological polar surface area (TPSA) is 279 Å². The fourth-order valence-electron chi connectivity index (χ4n) is 14.8. The molecule has 1 spiro atoms. The first-order chi connectivity index (χ1) is 45.2. The molecule has 3 heterocycles. The van der Waals surface area contributed by atoms with Crippen LogP contribution in [-0.2, 0) is 68.9 Å². The van der Waals surface area contributed by atoms with Crippen LogP contribution in [0.15, 0.2) is 24.3 Å². The van der Waals surface area contributed by atoms with Crippen LogP contribution in [0.1, 0.15) is 168 Å². The smallest absolute Gasteiger partial charge is 0.248 e. The maximum absolute atomic E-state index is 15.7. The number of rotatable bonds is 10. The Morgan fingerprint density at radius 2 is 1.23 bits per heavy atom. The number of fused-ring (bicyclic) bond motifs is 1. The minimum Gasteiger partial charge on any atom is -0.374 e. The van der Waals surface area contributed by atoms with Crippen LogP contribution in [0.25, 0.3) is 0 Å². The summed E-state index contributed by atoms with van der Waals surface area (Å²) < 4.78 is 6.12. The molecule has 3 aliphatic heterocycles. The predicted octanol–water partition coefficient (Wildman–Crippen LogP) is 3.96. The van der Waals surface area contributed by atoms with E-state index < -0.39 is 151 Å². The summed E-state index contributed by atoms with van der Waals surface area (Å²) in [5, 5.41) is 9.18. The molecular formula is C69H107ClN12O13. The van der Waals surface area contributed by atoms with Crippen molar-refractivity contribution in [3.05, 3.63) is 34.9 Å². The fraction of sp³-hybridized carbons (Fsp3) is 0.739. The van der Waals surface area contributed by atoms with Gasteiger partial charge in [-0.2, -0.15) is 0 Å². The Morgan fingerprint density at radius 3 is 1.87 bits per heavy atom. The molecule has 0 aromatic heterocycles. The molecule has 3 N–H and O–H groups in total. The van der Waals surface area contributed by atoms with Crippen LogP contribution in [-0.4, -0.2) is 258 Å². The third-order valence-corrected chi connectivity index (χ3v) is 21.7. The minimum atomic E-state index is -1.50. The van der Waals surface area contributed by atoms with Crippen molar-refractivity contribution in [3.63, 3.8) is 0 Å².